The molecule has 0 fully saturated rings. The molecule has 0 radical (unpaired) electrons. The summed E-state index contributed by atoms with van der Waals surface area (Å²) in [5, 5.41) is 2.62. The number of nitrogens with zero attached hydrogens (tertiary/aromatic N) is 1. The number of halogens is 2. The molecule has 0 saturated carbocycles. The molecule has 136 valence electrons. The van der Waals surface area contributed by atoms with Crippen molar-refractivity contribution in [1.29, 1.82) is 0 Å². The van der Waals surface area contributed by atoms with Crippen LogP contribution >= 0.6 is 24.8 Å². The number of nitrogen functional groups attached to an aromatic ring is 1. The highest BCUT2D eigenvalue weighted by molar-refractivity contribution is 5.98. The van der Waals surface area contributed by atoms with Gasteiger partial charge in [-0.2, -0.15) is 0 Å². The fourth-order valence-corrected chi connectivity index (χ4v) is 2.59. The fourth-order valence-electron chi connectivity index (χ4n) is 2.59. The zero-order valence-electron chi connectivity index (χ0n) is 14.0. The van der Waals surface area contributed by atoms with E-state index in [1.807, 2.05) is 32.0 Å². The van der Waals surface area contributed by atoms with E-state index >= 15 is 0 Å². The van der Waals surface area contributed by atoms with Crippen molar-refractivity contribution in [2.75, 3.05) is 23.7 Å². The smallest absolute Gasteiger partial charge is 0.246 e. The predicted octanol–water partition coefficient (Wildman–Crippen LogP) is 1.49. The number of benzene rings is 1. The second kappa shape index (κ2) is 9.71. The zero-order chi connectivity index (χ0) is 16.3. The van der Waals surface area contributed by atoms with Crippen molar-refractivity contribution < 1.29 is 9.59 Å². The molecule has 0 spiro atoms. The van der Waals surface area contributed by atoms with E-state index in [9.17, 15) is 9.59 Å². The molecule has 1 aliphatic heterocycles. The molecule has 8 heteroatoms. The SMILES string of the molecule is CC(C)[C@H](N)C(=O)NCC(=O)N1CCCc2c(N)cccc21.Cl.Cl. The lowest BCUT2D eigenvalue weighted by Crippen LogP contribution is -2.48. The Hall–Kier alpha value is -1.50. The zero-order valence-corrected chi connectivity index (χ0v) is 15.6. The topological polar surface area (TPSA) is 101 Å². The van der Waals surface area contributed by atoms with Crippen molar-refractivity contribution in [2.45, 2.75) is 32.7 Å². The van der Waals surface area contributed by atoms with Crippen LogP contribution in [0.2, 0.25) is 0 Å². The number of fused-ring (bicyclic) bond motifs is 1. The first kappa shape index (κ1) is 22.5. The minimum atomic E-state index is -0.600. The van der Waals surface area contributed by atoms with Crippen LogP contribution in [0.4, 0.5) is 11.4 Å². The van der Waals surface area contributed by atoms with E-state index in [0.29, 0.717) is 12.2 Å². The van der Waals surface area contributed by atoms with Gasteiger partial charge in [-0.15, -0.1) is 24.8 Å². The molecule has 6 nitrogen and oxygen atoms in total. The summed E-state index contributed by atoms with van der Waals surface area (Å²) in [7, 11) is 0. The normalized spacial score (nSPS) is 14.1. The molecule has 5 N–H and O–H groups in total. The molecule has 2 amide bonds. The molecule has 0 bridgehead atoms. The van der Waals surface area contributed by atoms with E-state index in [1.54, 1.807) is 4.90 Å². The highest BCUT2D eigenvalue weighted by Crippen LogP contribution is 2.31. The van der Waals surface area contributed by atoms with Crippen molar-refractivity contribution in [2.24, 2.45) is 11.7 Å². The van der Waals surface area contributed by atoms with Crippen molar-refractivity contribution >= 4 is 48.0 Å². The number of amides is 2. The first-order chi connectivity index (χ1) is 10.4. The van der Waals surface area contributed by atoms with Gasteiger partial charge < -0.3 is 21.7 Å². The van der Waals surface area contributed by atoms with Crippen molar-refractivity contribution in [3.05, 3.63) is 23.8 Å². The largest absolute Gasteiger partial charge is 0.398 e. The van der Waals surface area contributed by atoms with Crippen LogP contribution < -0.4 is 21.7 Å². The van der Waals surface area contributed by atoms with Crippen molar-refractivity contribution in [1.82, 2.24) is 5.32 Å². The van der Waals surface area contributed by atoms with Gasteiger partial charge in [-0.05, 0) is 36.5 Å². The first-order valence-electron chi connectivity index (χ1n) is 7.63. The Morgan fingerprint density at radius 2 is 1.96 bits per heavy atom. The van der Waals surface area contributed by atoms with Crippen LogP contribution in [0.5, 0.6) is 0 Å². The standard InChI is InChI=1S/C16H24N4O2.2ClH/c1-10(2)15(18)16(22)19-9-14(21)20-8-4-5-11-12(17)6-3-7-13(11)20;;/h3,6-7,10,15H,4-5,8-9,17-18H2,1-2H3,(H,19,22);2*1H/t15-;;/m0../s1. The van der Waals surface area contributed by atoms with Crippen LogP contribution in [0, 0.1) is 5.92 Å². The molecule has 0 unspecified atom stereocenters. The minimum absolute atomic E-state index is 0. The minimum Gasteiger partial charge on any atom is -0.398 e. The average molecular weight is 377 g/mol. The van der Waals surface area contributed by atoms with E-state index in [0.717, 1.165) is 24.1 Å². The third-order valence-corrected chi connectivity index (χ3v) is 4.02. The Morgan fingerprint density at radius 1 is 1.29 bits per heavy atom. The summed E-state index contributed by atoms with van der Waals surface area (Å²) in [4.78, 5) is 25.9. The molecule has 1 aromatic carbocycles. The van der Waals surface area contributed by atoms with Crippen LogP contribution in [0.15, 0.2) is 18.2 Å². The molecule has 0 aromatic heterocycles. The van der Waals surface area contributed by atoms with Crippen LogP contribution in [0.25, 0.3) is 0 Å². The monoisotopic (exact) mass is 376 g/mol. The highest BCUT2D eigenvalue weighted by atomic mass is 35.5. The van der Waals surface area contributed by atoms with Gasteiger partial charge >= 0.3 is 0 Å². The Balaban J connectivity index is 0.00000264. The third kappa shape index (κ3) is 5.00. The summed E-state index contributed by atoms with van der Waals surface area (Å²) in [6.45, 7) is 4.33. The molecule has 2 rings (SSSR count). The Kier molecular flexibility index (Phi) is 9.11. The maximum atomic E-state index is 12.4. The van der Waals surface area contributed by atoms with Crippen LogP contribution in [0.1, 0.15) is 25.8 Å². The lowest BCUT2D eigenvalue weighted by molar-refractivity contribution is -0.126. The number of hydrogen-bond acceptors (Lipinski definition) is 4. The number of hydrogen-bond donors (Lipinski definition) is 3. The first-order valence-corrected chi connectivity index (χ1v) is 7.63. The molecule has 1 heterocycles. The summed E-state index contributed by atoms with van der Waals surface area (Å²) < 4.78 is 0. The van der Waals surface area contributed by atoms with E-state index < -0.39 is 6.04 Å². The Morgan fingerprint density at radius 3 is 2.58 bits per heavy atom. The van der Waals surface area contributed by atoms with Crippen LogP contribution in [-0.2, 0) is 16.0 Å². The molecule has 1 atom stereocenters. The maximum absolute atomic E-state index is 12.4. The summed E-state index contributed by atoms with van der Waals surface area (Å²) in [5.41, 5.74) is 14.3. The molecule has 24 heavy (non-hydrogen) atoms. The number of carbonyl (C=O) groups is 2. The van der Waals surface area contributed by atoms with Gasteiger partial charge in [0.15, 0.2) is 0 Å². The molecule has 0 saturated heterocycles. The maximum Gasteiger partial charge on any atom is 0.246 e. The van der Waals surface area contributed by atoms with Gasteiger partial charge in [-0.25, -0.2) is 0 Å². The van der Waals surface area contributed by atoms with Crippen LogP contribution in [0.3, 0.4) is 0 Å². The van der Waals surface area contributed by atoms with Gasteiger partial charge in [-0.3, -0.25) is 9.59 Å². The van der Waals surface area contributed by atoms with Crippen molar-refractivity contribution in [3.8, 4) is 0 Å². The molecule has 1 aromatic rings. The summed E-state index contributed by atoms with van der Waals surface area (Å²) in [5.74, 6) is -0.408. The summed E-state index contributed by atoms with van der Waals surface area (Å²) >= 11 is 0. The van der Waals surface area contributed by atoms with E-state index in [1.165, 1.54) is 0 Å². The lowest BCUT2D eigenvalue weighted by atomic mass is 10.00. The van der Waals surface area contributed by atoms with E-state index in [-0.39, 0.29) is 49.1 Å². The number of rotatable bonds is 4. The quantitative estimate of drug-likeness (QED) is 0.692. The molecule has 0 aliphatic carbocycles. The molecular weight excluding hydrogens is 351 g/mol. The Labute approximate surface area is 155 Å². The number of nitrogens with two attached hydrogens (primary N) is 2. The fraction of sp³-hybridized carbons (Fsp3) is 0.500. The van der Waals surface area contributed by atoms with Crippen molar-refractivity contribution in [3.63, 3.8) is 0 Å². The van der Waals surface area contributed by atoms with E-state index in [2.05, 4.69) is 5.32 Å². The number of nitrogens with one attached hydrogen (secondary N) is 1. The van der Waals surface area contributed by atoms with Gasteiger partial charge in [0.1, 0.15) is 0 Å². The average Bonchev–Trinajstić information content (AvgIpc) is 2.51. The van der Waals surface area contributed by atoms with Gasteiger partial charge in [0.05, 0.1) is 12.6 Å². The number of carbonyl (C=O) groups excluding carboxylic acids is 2. The van der Waals surface area contributed by atoms with Gasteiger partial charge in [0, 0.05) is 17.9 Å². The number of anilines is 2. The predicted molar refractivity (Wildman–Crippen MR) is 102 cm³/mol. The molecular formula is C16H26Cl2N4O2. The second-order valence-corrected chi connectivity index (χ2v) is 5.98. The van der Waals surface area contributed by atoms with Crippen LogP contribution in [-0.4, -0.2) is 30.9 Å². The lowest BCUT2D eigenvalue weighted by Gasteiger charge is -2.30. The second-order valence-electron chi connectivity index (χ2n) is 5.98. The summed E-state index contributed by atoms with van der Waals surface area (Å²) in [6, 6.07) is 4.98. The molecule has 1 aliphatic rings. The van der Waals surface area contributed by atoms with E-state index in [4.69, 9.17) is 11.5 Å². The van der Waals surface area contributed by atoms with Gasteiger partial charge in [0.2, 0.25) is 11.8 Å². The summed E-state index contributed by atoms with van der Waals surface area (Å²) in [6.07, 6.45) is 1.74. The van der Waals surface area contributed by atoms with Gasteiger partial charge in [0.25, 0.3) is 0 Å². The Bertz CT molecular complexity index is 581. The van der Waals surface area contributed by atoms with Gasteiger partial charge in [-0.1, -0.05) is 19.9 Å². The highest BCUT2D eigenvalue weighted by Gasteiger charge is 2.25. The third-order valence-electron chi connectivity index (χ3n) is 4.02.